The van der Waals surface area contributed by atoms with Gasteiger partial charge in [-0.25, -0.2) is 0 Å². The van der Waals surface area contributed by atoms with Gasteiger partial charge in [-0.3, -0.25) is 14.6 Å². The van der Waals surface area contributed by atoms with Gasteiger partial charge >= 0.3 is 0 Å². The van der Waals surface area contributed by atoms with Crippen LogP contribution in [0.2, 0.25) is 0 Å². The fourth-order valence-corrected chi connectivity index (χ4v) is 4.60. The Hall–Kier alpha value is -2.54. The first kappa shape index (κ1) is 19.4. The SMILES string of the molecule is CN1CCN(CCn2cc(-c3ccc4c(c3)CCC4N)c(-c3ccncc3)n2)CC1. The highest BCUT2D eigenvalue weighted by molar-refractivity contribution is 5.80. The van der Waals surface area contributed by atoms with Crippen molar-refractivity contribution in [3.8, 4) is 22.4 Å². The van der Waals surface area contributed by atoms with E-state index in [1.807, 2.05) is 24.5 Å². The lowest BCUT2D eigenvalue weighted by atomic mass is 9.98. The van der Waals surface area contributed by atoms with Crippen LogP contribution in [0.15, 0.2) is 48.9 Å². The number of hydrogen-bond acceptors (Lipinski definition) is 5. The molecule has 2 aromatic heterocycles. The van der Waals surface area contributed by atoms with Crippen molar-refractivity contribution in [3.05, 3.63) is 60.0 Å². The highest BCUT2D eigenvalue weighted by atomic mass is 15.3. The minimum absolute atomic E-state index is 0.181. The van der Waals surface area contributed by atoms with Gasteiger partial charge in [0.2, 0.25) is 0 Å². The molecule has 0 amide bonds. The summed E-state index contributed by atoms with van der Waals surface area (Å²) in [6.45, 7) is 6.48. The molecule has 2 N–H and O–H groups in total. The van der Waals surface area contributed by atoms with E-state index < -0.39 is 0 Å². The Balaban J connectivity index is 1.44. The molecule has 0 saturated carbocycles. The van der Waals surface area contributed by atoms with Gasteiger partial charge in [-0.2, -0.15) is 5.10 Å². The Kier molecular flexibility index (Phi) is 5.37. The summed E-state index contributed by atoms with van der Waals surface area (Å²) in [6, 6.07) is 11.0. The predicted octanol–water partition coefficient (Wildman–Crippen LogP) is 2.81. The van der Waals surface area contributed by atoms with Gasteiger partial charge in [-0.15, -0.1) is 0 Å². The lowest BCUT2D eigenvalue weighted by molar-refractivity contribution is 0.149. The monoisotopic (exact) mass is 402 g/mol. The molecule has 1 saturated heterocycles. The van der Waals surface area contributed by atoms with E-state index in [1.54, 1.807) is 0 Å². The van der Waals surface area contributed by atoms with E-state index in [4.69, 9.17) is 10.8 Å². The van der Waals surface area contributed by atoms with Gasteiger partial charge in [0.15, 0.2) is 0 Å². The summed E-state index contributed by atoms with van der Waals surface area (Å²) >= 11 is 0. The standard InChI is InChI=1S/C24H30N6/c1-28-10-12-29(13-11-28)14-15-30-17-22(24(27-30)18-6-8-26-9-7-18)20-2-4-21-19(16-20)3-5-23(21)25/h2,4,6-9,16-17,23H,3,5,10-15,25H2,1H3. The normalized spacial score (nSPS) is 19.9. The highest BCUT2D eigenvalue weighted by Gasteiger charge is 2.21. The molecule has 5 rings (SSSR count). The molecule has 1 unspecified atom stereocenters. The van der Waals surface area contributed by atoms with Crippen molar-refractivity contribution in [1.82, 2.24) is 24.6 Å². The van der Waals surface area contributed by atoms with Crippen LogP contribution in [-0.4, -0.2) is 64.3 Å². The Labute approximate surface area is 178 Å². The molecule has 6 heteroatoms. The third kappa shape index (κ3) is 3.90. The molecule has 3 heterocycles. The van der Waals surface area contributed by atoms with Crippen LogP contribution in [0, 0.1) is 0 Å². The fraction of sp³-hybridized carbons (Fsp3) is 0.417. The van der Waals surface area contributed by atoms with Crippen LogP contribution in [0.3, 0.4) is 0 Å². The fourth-order valence-electron chi connectivity index (χ4n) is 4.60. The number of piperazine rings is 1. The molecule has 1 aliphatic heterocycles. The highest BCUT2D eigenvalue weighted by Crippen LogP contribution is 2.36. The molecule has 1 aromatic carbocycles. The number of aryl methyl sites for hydroxylation is 1. The molecule has 2 aliphatic rings. The van der Waals surface area contributed by atoms with Gasteiger partial charge in [0.05, 0.1) is 6.54 Å². The van der Waals surface area contributed by atoms with E-state index in [2.05, 4.69) is 50.9 Å². The maximum absolute atomic E-state index is 6.25. The molecule has 1 fully saturated rings. The Morgan fingerprint density at radius 3 is 2.60 bits per heavy atom. The van der Waals surface area contributed by atoms with Crippen LogP contribution in [0.25, 0.3) is 22.4 Å². The zero-order valence-corrected chi connectivity index (χ0v) is 17.7. The maximum atomic E-state index is 6.25. The number of likely N-dealkylation sites (N-methyl/N-ethyl adjacent to an activating group) is 1. The number of rotatable bonds is 5. The van der Waals surface area contributed by atoms with Crippen LogP contribution >= 0.6 is 0 Å². The Bertz CT molecular complexity index is 1000. The quantitative estimate of drug-likeness (QED) is 0.711. The van der Waals surface area contributed by atoms with Crippen molar-refractivity contribution >= 4 is 0 Å². The van der Waals surface area contributed by atoms with Crippen molar-refractivity contribution in [2.75, 3.05) is 39.8 Å². The minimum Gasteiger partial charge on any atom is -0.324 e. The second-order valence-corrected chi connectivity index (χ2v) is 8.59. The topological polar surface area (TPSA) is 63.2 Å². The number of fused-ring (bicyclic) bond motifs is 1. The van der Waals surface area contributed by atoms with Crippen LogP contribution < -0.4 is 5.73 Å². The first-order chi connectivity index (χ1) is 14.7. The van der Waals surface area contributed by atoms with Crippen molar-refractivity contribution < 1.29 is 0 Å². The molecule has 1 atom stereocenters. The van der Waals surface area contributed by atoms with Gasteiger partial charge in [-0.05, 0) is 48.7 Å². The van der Waals surface area contributed by atoms with Crippen molar-refractivity contribution in [2.45, 2.75) is 25.4 Å². The number of nitrogens with two attached hydrogens (primary N) is 1. The third-order valence-electron chi connectivity index (χ3n) is 6.53. The number of hydrogen-bond donors (Lipinski definition) is 1. The van der Waals surface area contributed by atoms with E-state index in [1.165, 1.54) is 22.3 Å². The van der Waals surface area contributed by atoms with Crippen LogP contribution in [0.5, 0.6) is 0 Å². The molecule has 3 aromatic rings. The van der Waals surface area contributed by atoms with Crippen molar-refractivity contribution in [3.63, 3.8) is 0 Å². The first-order valence-corrected chi connectivity index (χ1v) is 10.9. The molecular weight excluding hydrogens is 372 g/mol. The van der Waals surface area contributed by atoms with E-state index >= 15 is 0 Å². The summed E-state index contributed by atoms with van der Waals surface area (Å²) < 4.78 is 2.11. The summed E-state index contributed by atoms with van der Waals surface area (Å²) in [6.07, 6.45) is 7.99. The lowest BCUT2D eigenvalue weighted by Crippen LogP contribution is -2.45. The molecule has 30 heavy (non-hydrogen) atoms. The number of nitrogens with zero attached hydrogens (tertiary/aromatic N) is 5. The van der Waals surface area contributed by atoms with E-state index in [0.717, 1.165) is 63.4 Å². The second kappa shape index (κ2) is 8.30. The number of pyridine rings is 1. The molecule has 0 radical (unpaired) electrons. The molecule has 1 aliphatic carbocycles. The molecule has 156 valence electrons. The average Bonchev–Trinajstić information content (AvgIpc) is 3.38. The maximum Gasteiger partial charge on any atom is 0.100 e. The van der Waals surface area contributed by atoms with Gasteiger partial charge in [0.1, 0.15) is 5.69 Å². The smallest absolute Gasteiger partial charge is 0.100 e. The van der Waals surface area contributed by atoms with Gasteiger partial charge in [-0.1, -0.05) is 18.2 Å². The average molecular weight is 403 g/mol. The van der Waals surface area contributed by atoms with E-state index in [-0.39, 0.29) is 6.04 Å². The molecule has 0 spiro atoms. The Morgan fingerprint density at radius 2 is 1.80 bits per heavy atom. The minimum atomic E-state index is 0.181. The van der Waals surface area contributed by atoms with E-state index in [0.29, 0.717) is 0 Å². The zero-order chi connectivity index (χ0) is 20.5. The molecule has 0 bridgehead atoms. The van der Waals surface area contributed by atoms with Crippen LogP contribution in [0.1, 0.15) is 23.6 Å². The molecular formula is C24H30N6. The second-order valence-electron chi connectivity index (χ2n) is 8.59. The zero-order valence-electron chi connectivity index (χ0n) is 17.7. The predicted molar refractivity (Wildman–Crippen MR) is 120 cm³/mol. The van der Waals surface area contributed by atoms with Gasteiger partial charge in [0.25, 0.3) is 0 Å². The summed E-state index contributed by atoms with van der Waals surface area (Å²) in [5.74, 6) is 0. The summed E-state index contributed by atoms with van der Waals surface area (Å²) in [7, 11) is 2.20. The Morgan fingerprint density at radius 1 is 1.00 bits per heavy atom. The summed E-state index contributed by atoms with van der Waals surface area (Å²) in [4.78, 5) is 9.10. The van der Waals surface area contributed by atoms with Crippen molar-refractivity contribution in [1.29, 1.82) is 0 Å². The number of benzene rings is 1. The van der Waals surface area contributed by atoms with Crippen LogP contribution in [0.4, 0.5) is 0 Å². The third-order valence-corrected chi connectivity index (χ3v) is 6.53. The largest absolute Gasteiger partial charge is 0.324 e. The van der Waals surface area contributed by atoms with Gasteiger partial charge < -0.3 is 10.6 Å². The summed E-state index contributed by atoms with van der Waals surface area (Å²) in [5.41, 5.74) is 13.5. The van der Waals surface area contributed by atoms with Crippen LogP contribution in [-0.2, 0) is 13.0 Å². The summed E-state index contributed by atoms with van der Waals surface area (Å²) in [5, 5.41) is 4.99. The van der Waals surface area contributed by atoms with Gasteiger partial charge in [0, 0.05) is 68.5 Å². The van der Waals surface area contributed by atoms with E-state index in [9.17, 15) is 0 Å². The number of aromatic nitrogens is 3. The van der Waals surface area contributed by atoms with Crippen molar-refractivity contribution in [2.24, 2.45) is 5.73 Å². The first-order valence-electron chi connectivity index (χ1n) is 10.9. The molecule has 6 nitrogen and oxygen atoms in total. The lowest BCUT2D eigenvalue weighted by Gasteiger charge is -2.32.